The van der Waals surface area contributed by atoms with E-state index in [2.05, 4.69) is 34.6 Å². The number of carbonyl (C=O) groups excluding carboxylic acids is 4. The first-order chi connectivity index (χ1) is 25.6. The minimum absolute atomic E-state index is 0.0815. The average molecular weight is 724 g/mol. The molecule has 278 valence electrons. The van der Waals surface area contributed by atoms with Crippen molar-refractivity contribution in [2.75, 3.05) is 19.6 Å². The highest BCUT2D eigenvalue weighted by Gasteiger charge is 2.37. The predicted molar refractivity (Wildman–Crippen MR) is 192 cm³/mol. The summed E-state index contributed by atoms with van der Waals surface area (Å²) in [6.45, 7) is 7.08. The van der Waals surface area contributed by atoms with Crippen molar-refractivity contribution in [3.63, 3.8) is 0 Å². The van der Waals surface area contributed by atoms with E-state index in [0.717, 1.165) is 36.3 Å². The van der Waals surface area contributed by atoms with Crippen LogP contribution in [0, 0.1) is 12.8 Å². The molecule has 2 fully saturated rings. The maximum Gasteiger partial charge on any atom is 0.254 e. The zero-order valence-electron chi connectivity index (χ0n) is 30.2. The van der Waals surface area contributed by atoms with Gasteiger partial charge in [0.1, 0.15) is 30.4 Å². The van der Waals surface area contributed by atoms with Gasteiger partial charge in [-0.1, -0.05) is 31.1 Å². The fourth-order valence-corrected chi connectivity index (χ4v) is 6.81. The Morgan fingerprint density at radius 2 is 1.91 bits per heavy atom. The van der Waals surface area contributed by atoms with Crippen molar-refractivity contribution in [1.82, 2.24) is 35.1 Å². The van der Waals surface area contributed by atoms with Crippen LogP contribution >= 0.6 is 0 Å². The molecule has 4 amide bonds. The van der Waals surface area contributed by atoms with E-state index in [9.17, 15) is 19.2 Å². The molecule has 3 aliphatic rings. The predicted octanol–water partition coefficient (Wildman–Crippen LogP) is 4.02. The summed E-state index contributed by atoms with van der Waals surface area (Å²) in [4.78, 5) is 62.3. The summed E-state index contributed by atoms with van der Waals surface area (Å²) in [7, 11) is 0. The highest BCUT2D eigenvalue weighted by molar-refractivity contribution is 6.01. The molecule has 53 heavy (non-hydrogen) atoms. The highest BCUT2D eigenvalue weighted by Crippen LogP contribution is 2.31. The number of amides is 4. The number of carbonyl (C=O) groups is 4. The molecular weight excluding hydrogens is 678 g/mol. The van der Waals surface area contributed by atoms with Crippen LogP contribution in [-0.2, 0) is 40.4 Å². The maximum atomic E-state index is 14.2. The van der Waals surface area contributed by atoms with Gasteiger partial charge in [0, 0.05) is 48.7 Å². The lowest BCUT2D eigenvalue weighted by molar-refractivity contribution is -0.138. The van der Waals surface area contributed by atoms with Crippen molar-refractivity contribution in [2.24, 2.45) is 5.92 Å². The Balaban J connectivity index is 1.13. The molecule has 14 heteroatoms. The van der Waals surface area contributed by atoms with Crippen LogP contribution in [0.1, 0.15) is 76.7 Å². The van der Waals surface area contributed by atoms with Gasteiger partial charge in [0.05, 0.1) is 31.0 Å². The summed E-state index contributed by atoms with van der Waals surface area (Å²) in [6, 6.07) is 13.3. The van der Waals surface area contributed by atoms with Gasteiger partial charge in [0.25, 0.3) is 11.8 Å². The summed E-state index contributed by atoms with van der Waals surface area (Å²) in [6.07, 6.45) is 5.86. The van der Waals surface area contributed by atoms with Crippen molar-refractivity contribution in [1.29, 1.82) is 0 Å². The van der Waals surface area contributed by atoms with Crippen LogP contribution in [0.4, 0.5) is 0 Å². The molecule has 2 aromatic carbocycles. The molecule has 1 saturated heterocycles. The summed E-state index contributed by atoms with van der Waals surface area (Å²) in [5, 5.41) is 10.1. The fraction of sp³-hybridized carbons (Fsp3) is 0.436. The van der Waals surface area contributed by atoms with Gasteiger partial charge in [-0.2, -0.15) is 0 Å². The molecule has 2 aliphatic heterocycles. The molecule has 7 rings (SSSR count). The molecular formula is C39H45N7O7. The normalized spacial score (nSPS) is 19.4. The lowest BCUT2D eigenvalue weighted by Crippen LogP contribution is -2.58. The number of aryl methyl sites for hydroxylation is 1. The molecule has 4 aromatic rings. The number of aromatic nitrogens is 3. The lowest BCUT2D eigenvalue weighted by atomic mass is 10.0. The molecule has 14 nitrogen and oxygen atoms in total. The van der Waals surface area contributed by atoms with Gasteiger partial charge in [-0.15, -0.1) is 0 Å². The van der Waals surface area contributed by atoms with Crippen LogP contribution in [0.25, 0.3) is 0 Å². The molecule has 2 N–H and O–H groups in total. The quantitative estimate of drug-likeness (QED) is 0.274. The number of benzene rings is 2. The van der Waals surface area contributed by atoms with Gasteiger partial charge in [-0.25, -0.2) is 4.98 Å². The average Bonchev–Trinajstić information content (AvgIpc) is 3.76. The topological polar surface area (TPSA) is 161 Å². The first-order valence-corrected chi connectivity index (χ1v) is 18.2. The largest absolute Gasteiger partial charge is 0.457 e. The van der Waals surface area contributed by atoms with E-state index in [1.54, 1.807) is 45.0 Å². The number of nitrogens with one attached hydrogen (secondary N) is 2. The van der Waals surface area contributed by atoms with E-state index >= 15 is 0 Å². The molecule has 4 heterocycles. The van der Waals surface area contributed by atoms with E-state index in [-0.39, 0.29) is 73.8 Å². The van der Waals surface area contributed by atoms with Crippen molar-refractivity contribution in [3.05, 3.63) is 94.9 Å². The van der Waals surface area contributed by atoms with Gasteiger partial charge in [-0.05, 0) is 74.4 Å². The van der Waals surface area contributed by atoms with E-state index in [1.807, 2.05) is 31.2 Å². The molecule has 0 radical (unpaired) electrons. The standard InChI is InChI=1S/C39H45N7O7/c1-24(2)13-29-18-33(53-43-29)19-41-38(49)27-15-28-17-32(16-27)52-31-6-4-5-26(14-31)23-51-35-9-11-45(37(48)22-44-12-10-40-25(44)3)20-34(35)42-36(47)21-46(39(28)50)30-7-8-30/h4-6,10,12,14-18,24,30,34-35H,7-9,11,13,19-23H2,1-3H3,(H,41,49)(H,42,47)/t34-,35+/m1/s1. The Labute approximate surface area is 307 Å². The first-order valence-electron chi connectivity index (χ1n) is 18.2. The van der Waals surface area contributed by atoms with Crippen LogP contribution in [0.5, 0.6) is 11.5 Å². The monoisotopic (exact) mass is 723 g/mol. The Morgan fingerprint density at radius 1 is 1.06 bits per heavy atom. The molecule has 2 atom stereocenters. The molecule has 0 spiro atoms. The van der Waals surface area contributed by atoms with Crippen molar-refractivity contribution in [2.45, 2.75) is 84.3 Å². The summed E-state index contributed by atoms with van der Waals surface area (Å²) < 4.78 is 19.9. The third-order valence-electron chi connectivity index (χ3n) is 9.70. The Morgan fingerprint density at radius 3 is 2.68 bits per heavy atom. The number of hydrogen-bond acceptors (Lipinski definition) is 9. The smallest absolute Gasteiger partial charge is 0.254 e. The number of rotatable bonds is 8. The summed E-state index contributed by atoms with van der Waals surface area (Å²) in [5.74, 6) is 1.22. The molecule has 4 bridgehead atoms. The van der Waals surface area contributed by atoms with Gasteiger partial charge >= 0.3 is 0 Å². The van der Waals surface area contributed by atoms with Crippen LogP contribution in [-0.4, -0.2) is 86.0 Å². The molecule has 0 unspecified atom stereocenters. The zero-order valence-corrected chi connectivity index (χ0v) is 30.2. The van der Waals surface area contributed by atoms with Crippen molar-refractivity contribution < 1.29 is 33.2 Å². The van der Waals surface area contributed by atoms with E-state index in [0.29, 0.717) is 36.1 Å². The zero-order chi connectivity index (χ0) is 37.1. The number of piperidine rings is 1. The van der Waals surface area contributed by atoms with Crippen LogP contribution < -0.4 is 15.4 Å². The second-order valence-electron chi connectivity index (χ2n) is 14.5. The van der Waals surface area contributed by atoms with Crippen LogP contribution in [0.15, 0.2) is 65.4 Å². The first kappa shape index (κ1) is 35.9. The van der Waals surface area contributed by atoms with Crippen LogP contribution in [0.3, 0.4) is 0 Å². The Kier molecular flexibility index (Phi) is 10.6. The van der Waals surface area contributed by atoms with Gasteiger partial charge in [0.15, 0.2) is 5.76 Å². The van der Waals surface area contributed by atoms with E-state index < -0.39 is 11.9 Å². The SMILES string of the molecule is Cc1nccn1CC(=O)N1CC[C@@H]2OCc3cccc(c3)Oc3cc(C(=O)NCc4cc(CC(C)C)no4)cc(c3)C(=O)N(C3CC3)CC(=O)N[C@@H]2C1. The number of fused-ring (bicyclic) bond motifs is 5. The third-order valence-corrected chi connectivity index (χ3v) is 9.70. The lowest BCUT2D eigenvalue weighted by Gasteiger charge is -2.39. The second kappa shape index (κ2) is 15.6. The van der Waals surface area contributed by atoms with E-state index in [1.165, 1.54) is 6.07 Å². The fourth-order valence-electron chi connectivity index (χ4n) is 6.81. The Hall–Kier alpha value is -5.50. The number of imidazole rings is 1. The number of likely N-dealkylation sites (tertiary alicyclic amines) is 1. The summed E-state index contributed by atoms with van der Waals surface area (Å²) >= 11 is 0. The van der Waals surface area contributed by atoms with Crippen molar-refractivity contribution in [3.8, 4) is 11.5 Å². The second-order valence-corrected chi connectivity index (χ2v) is 14.5. The molecule has 1 saturated carbocycles. The number of ether oxygens (including phenoxy) is 2. The van der Waals surface area contributed by atoms with Gasteiger partial charge in [-0.3, -0.25) is 19.2 Å². The number of hydrogen-bond donors (Lipinski definition) is 2. The number of nitrogens with zero attached hydrogens (tertiary/aromatic N) is 5. The third kappa shape index (κ3) is 8.94. The minimum atomic E-state index is -0.503. The van der Waals surface area contributed by atoms with E-state index in [4.69, 9.17) is 14.0 Å². The summed E-state index contributed by atoms with van der Waals surface area (Å²) in [5.41, 5.74) is 2.09. The van der Waals surface area contributed by atoms with Crippen LogP contribution in [0.2, 0.25) is 0 Å². The Bertz CT molecular complexity index is 1980. The highest BCUT2D eigenvalue weighted by atomic mass is 16.5. The van der Waals surface area contributed by atoms with Crippen molar-refractivity contribution >= 4 is 23.6 Å². The minimum Gasteiger partial charge on any atom is -0.457 e. The van der Waals surface area contributed by atoms with Gasteiger partial charge in [0.2, 0.25) is 11.8 Å². The van der Waals surface area contributed by atoms with Gasteiger partial charge < -0.3 is 39.0 Å². The molecule has 1 aliphatic carbocycles. The maximum absolute atomic E-state index is 14.2. The molecule has 2 aromatic heterocycles.